The molecule has 2 rings (SSSR count). The lowest BCUT2D eigenvalue weighted by atomic mass is 9.77. The summed E-state index contributed by atoms with van der Waals surface area (Å²) in [6.45, 7) is 6.48. The lowest BCUT2D eigenvalue weighted by Crippen LogP contribution is -2.52. The summed E-state index contributed by atoms with van der Waals surface area (Å²) >= 11 is 0. The van der Waals surface area contributed by atoms with Crippen LogP contribution in [0, 0.1) is 11.3 Å². The van der Waals surface area contributed by atoms with Crippen molar-refractivity contribution in [2.24, 2.45) is 11.3 Å². The molecular formula is C15H28N2O. The van der Waals surface area contributed by atoms with Crippen molar-refractivity contribution in [3.05, 3.63) is 0 Å². The van der Waals surface area contributed by atoms with Crippen molar-refractivity contribution in [3.8, 4) is 0 Å². The first kappa shape index (κ1) is 13.9. The van der Waals surface area contributed by atoms with Crippen LogP contribution >= 0.6 is 0 Å². The molecule has 1 unspecified atom stereocenters. The minimum atomic E-state index is 0.255. The van der Waals surface area contributed by atoms with E-state index in [9.17, 15) is 4.79 Å². The van der Waals surface area contributed by atoms with Crippen LogP contribution in [-0.2, 0) is 4.79 Å². The van der Waals surface area contributed by atoms with Crippen molar-refractivity contribution in [2.75, 3.05) is 13.1 Å². The average molecular weight is 252 g/mol. The van der Waals surface area contributed by atoms with Crippen LogP contribution in [0.5, 0.6) is 0 Å². The molecule has 1 amide bonds. The van der Waals surface area contributed by atoms with E-state index in [1.807, 2.05) is 0 Å². The zero-order chi connectivity index (χ0) is 13.0. The molecule has 1 aliphatic heterocycles. The van der Waals surface area contributed by atoms with Gasteiger partial charge in [0.05, 0.1) is 0 Å². The molecule has 3 heteroatoms. The van der Waals surface area contributed by atoms with E-state index in [0.717, 1.165) is 19.5 Å². The number of hydrogen-bond donors (Lipinski definition) is 2. The monoisotopic (exact) mass is 252 g/mol. The fourth-order valence-corrected chi connectivity index (χ4v) is 3.38. The number of carbonyl (C=O) groups excluding carboxylic acids is 1. The molecule has 0 aromatic rings. The van der Waals surface area contributed by atoms with Crippen LogP contribution in [0.1, 0.15) is 58.8 Å². The third kappa shape index (κ3) is 3.71. The van der Waals surface area contributed by atoms with E-state index in [2.05, 4.69) is 24.5 Å². The highest BCUT2D eigenvalue weighted by atomic mass is 16.1. The van der Waals surface area contributed by atoms with E-state index in [1.54, 1.807) is 0 Å². The number of carbonyl (C=O) groups is 1. The minimum Gasteiger partial charge on any atom is -0.355 e. The van der Waals surface area contributed by atoms with Gasteiger partial charge in [-0.05, 0) is 43.6 Å². The molecule has 1 saturated heterocycles. The van der Waals surface area contributed by atoms with Crippen molar-refractivity contribution in [1.82, 2.24) is 10.6 Å². The number of rotatable bonds is 4. The van der Waals surface area contributed by atoms with Crippen molar-refractivity contribution in [1.29, 1.82) is 0 Å². The van der Waals surface area contributed by atoms with Gasteiger partial charge in [0.1, 0.15) is 0 Å². The van der Waals surface area contributed by atoms with Crippen LogP contribution in [0.25, 0.3) is 0 Å². The third-order valence-electron chi connectivity index (χ3n) is 4.78. The van der Waals surface area contributed by atoms with Crippen LogP contribution in [0.4, 0.5) is 0 Å². The molecule has 0 radical (unpaired) electrons. The van der Waals surface area contributed by atoms with Crippen LogP contribution in [0.3, 0.4) is 0 Å². The quantitative estimate of drug-likeness (QED) is 0.807. The Morgan fingerprint density at radius 3 is 2.67 bits per heavy atom. The third-order valence-corrected chi connectivity index (χ3v) is 4.78. The minimum absolute atomic E-state index is 0.255. The first-order valence-corrected chi connectivity index (χ1v) is 7.58. The Kier molecular flexibility index (Phi) is 4.66. The number of hydrogen-bond acceptors (Lipinski definition) is 2. The van der Waals surface area contributed by atoms with Gasteiger partial charge < -0.3 is 10.6 Å². The molecule has 0 bridgehead atoms. The Labute approximate surface area is 111 Å². The SMILES string of the molecule is CC1(C)CCCNC1CNC(=O)CC1CCCC1. The summed E-state index contributed by atoms with van der Waals surface area (Å²) in [6, 6.07) is 0.429. The van der Waals surface area contributed by atoms with Gasteiger partial charge in [0.25, 0.3) is 0 Å². The van der Waals surface area contributed by atoms with Crippen LogP contribution in [0.15, 0.2) is 0 Å². The molecule has 1 aliphatic carbocycles. The highest BCUT2D eigenvalue weighted by Crippen LogP contribution is 2.30. The standard InChI is InChI=1S/C15H28N2O/c1-15(2)8-5-9-16-13(15)11-17-14(18)10-12-6-3-4-7-12/h12-13,16H,3-11H2,1-2H3,(H,17,18). The molecule has 3 nitrogen and oxygen atoms in total. The molecular weight excluding hydrogens is 224 g/mol. The number of piperidine rings is 1. The molecule has 0 aromatic heterocycles. The number of amides is 1. The van der Waals surface area contributed by atoms with Crippen LogP contribution in [0.2, 0.25) is 0 Å². The Bertz CT molecular complexity index is 282. The van der Waals surface area contributed by atoms with Crippen molar-refractivity contribution < 1.29 is 4.79 Å². The van der Waals surface area contributed by atoms with E-state index in [-0.39, 0.29) is 5.91 Å². The Balaban J connectivity index is 1.71. The summed E-state index contributed by atoms with van der Waals surface area (Å²) < 4.78 is 0. The largest absolute Gasteiger partial charge is 0.355 e. The van der Waals surface area contributed by atoms with Gasteiger partial charge in [-0.15, -0.1) is 0 Å². The maximum Gasteiger partial charge on any atom is 0.220 e. The molecule has 1 atom stereocenters. The lowest BCUT2D eigenvalue weighted by molar-refractivity contribution is -0.122. The van der Waals surface area contributed by atoms with Gasteiger partial charge in [0.15, 0.2) is 0 Å². The normalized spacial score (nSPS) is 28.2. The van der Waals surface area contributed by atoms with Gasteiger partial charge >= 0.3 is 0 Å². The molecule has 1 saturated carbocycles. The summed E-state index contributed by atoms with van der Waals surface area (Å²) in [5.41, 5.74) is 0.304. The highest BCUT2D eigenvalue weighted by molar-refractivity contribution is 5.76. The maximum absolute atomic E-state index is 11.9. The lowest BCUT2D eigenvalue weighted by Gasteiger charge is -2.39. The fraction of sp³-hybridized carbons (Fsp3) is 0.933. The zero-order valence-corrected chi connectivity index (χ0v) is 11.9. The second-order valence-electron chi connectivity index (χ2n) is 6.76. The molecule has 2 aliphatic rings. The molecule has 18 heavy (non-hydrogen) atoms. The summed E-state index contributed by atoms with van der Waals surface area (Å²) in [7, 11) is 0. The highest BCUT2D eigenvalue weighted by Gasteiger charge is 2.32. The molecule has 0 spiro atoms. The molecule has 2 fully saturated rings. The van der Waals surface area contributed by atoms with Crippen LogP contribution in [-0.4, -0.2) is 25.0 Å². The Hall–Kier alpha value is -0.570. The Morgan fingerprint density at radius 2 is 2.00 bits per heavy atom. The maximum atomic E-state index is 11.9. The molecule has 0 aromatic carbocycles. The summed E-state index contributed by atoms with van der Waals surface area (Å²) in [5, 5.41) is 6.68. The van der Waals surface area contributed by atoms with Gasteiger partial charge in [-0.25, -0.2) is 0 Å². The molecule has 1 heterocycles. The fourth-order valence-electron chi connectivity index (χ4n) is 3.38. The zero-order valence-electron chi connectivity index (χ0n) is 11.9. The van der Waals surface area contributed by atoms with E-state index >= 15 is 0 Å². The summed E-state index contributed by atoms with van der Waals surface area (Å²) in [6.07, 6.45) is 8.38. The van der Waals surface area contributed by atoms with E-state index < -0.39 is 0 Å². The summed E-state index contributed by atoms with van der Waals surface area (Å²) in [4.78, 5) is 11.9. The smallest absolute Gasteiger partial charge is 0.220 e. The Morgan fingerprint density at radius 1 is 1.28 bits per heavy atom. The predicted octanol–water partition coefficient (Wildman–Crippen LogP) is 2.46. The topological polar surface area (TPSA) is 41.1 Å². The number of nitrogens with one attached hydrogen (secondary N) is 2. The first-order valence-electron chi connectivity index (χ1n) is 7.58. The molecule has 2 N–H and O–H groups in total. The van der Waals surface area contributed by atoms with E-state index in [0.29, 0.717) is 17.4 Å². The van der Waals surface area contributed by atoms with Crippen molar-refractivity contribution in [3.63, 3.8) is 0 Å². The van der Waals surface area contributed by atoms with Crippen LogP contribution < -0.4 is 10.6 Å². The first-order chi connectivity index (χ1) is 8.58. The van der Waals surface area contributed by atoms with E-state index in [4.69, 9.17) is 0 Å². The van der Waals surface area contributed by atoms with Crippen molar-refractivity contribution >= 4 is 5.91 Å². The second-order valence-corrected chi connectivity index (χ2v) is 6.76. The van der Waals surface area contributed by atoms with Gasteiger partial charge in [0.2, 0.25) is 5.91 Å². The van der Waals surface area contributed by atoms with Gasteiger partial charge in [-0.1, -0.05) is 26.7 Å². The van der Waals surface area contributed by atoms with Gasteiger partial charge in [-0.2, -0.15) is 0 Å². The van der Waals surface area contributed by atoms with E-state index in [1.165, 1.54) is 38.5 Å². The average Bonchev–Trinajstić information content (AvgIpc) is 2.80. The molecule has 104 valence electrons. The predicted molar refractivity (Wildman–Crippen MR) is 74.4 cm³/mol. The van der Waals surface area contributed by atoms with Gasteiger partial charge in [0, 0.05) is 19.0 Å². The second kappa shape index (κ2) is 6.05. The van der Waals surface area contributed by atoms with Crippen molar-refractivity contribution in [2.45, 2.75) is 64.8 Å². The summed E-state index contributed by atoms with van der Waals surface area (Å²) in [5.74, 6) is 0.905. The van der Waals surface area contributed by atoms with Gasteiger partial charge in [-0.3, -0.25) is 4.79 Å².